The van der Waals surface area contributed by atoms with Gasteiger partial charge in [-0.2, -0.15) is 0 Å². The van der Waals surface area contributed by atoms with Gasteiger partial charge in [0.25, 0.3) is 11.8 Å². The fraction of sp³-hybridized carbons (Fsp3) is 0.300. The van der Waals surface area contributed by atoms with Gasteiger partial charge in [0.2, 0.25) is 0 Å². The standard InChI is InChI=1S/C20H24N2O2/c1-4-16(5-2)21-20(24)17-11-6-7-12-18(17)22-19(23)15-10-8-9-14(3)13-15/h6-13,16H,4-5H2,1-3H3,(H,21,24)(H,22,23). The van der Waals surface area contributed by atoms with E-state index in [1.165, 1.54) is 0 Å². The van der Waals surface area contributed by atoms with Crippen molar-refractivity contribution in [1.82, 2.24) is 5.32 Å². The van der Waals surface area contributed by atoms with Crippen LogP contribution in [0.2, 0.25) is 0 Å². The van der Waals surface area contributed by atoms with Crippen molar-refractivity contribution in [2.45, 2.75) is 39.7 Å². The highest BCUT2D eigenvalue weighted by atomic mass is 16.2. The first-order chi connectivity index (χ1) is 11.5. The molecule has 0 radical (unpaired) electrons. The van der Waals surface area contributed by atoms with Gasteiger partial charge in [-0.3, -0.25) is 9.59 Å². The van der Waals surface area contributed by atoms with E-state index in [0.717, 1.165) is 18.4 Å². The zero-order chi connectivity index (χ0) is 17.5. The number of carbonyl (C=O) groups excluding carboxylic acids is 2. The van der Waals surface area contributed by atoms with Gasteiger partial charge in [-0.15, -0.1) is 0 Å². The lowest BCUT2D eigenvalue weighted by atomic mass is 10.1. The minimum Gasteiger partial charge on any atom is -0.349 e. The molecule has 0 saturated carbocycles. The van der Waals surface area contributed by atoms with E-state index in [-0.39, 0.29) is 17.9 Å². The molecule has 2 rings (SSSR count). The lowest BCUT2D eigenvalue weighted by Crippen LogP contribution is -2.34. The molecule has 0 unspecified atom stereocenters. The average Bonchev–Trinajstić information content (AvgIpc) is 2.59. The van der Waals surface area contributed by atoms with Crippen molar-refractivity contribution >= 4 is 17.5 Å². The Labute approximate surface area is 143 Å². The van der Waals surface area contributed by atoms with E-state index < -0.39 is 0 Å². The first kappa shape index (κ1) is 17.7. The molecule has 0 aromatic heterocycles. The third kappa shape index (κ3) is 4.44. The highest BCUT2D eigenvalue weighted by Crippen LogP contribution is 2.17. The van der Waals surface area contributed by atoms with Gasteiger partial charge < -0.3 is 10.6 Å². The third-order valence-electron chi connectivity index (χ3n) is 4.02. The van der Waals surface area contributed by atoms with Gasteiger partial charge in [0.15, 0.2) is 0 Å². The summed E-state index contributed by atoms with van der Waals surface area (Å²) in [6.07, 6.45) is 1.75. The second-order valence-corrected chi connectivity index (χ2v) is 5.86. The molecular weight excluding hydrogens is 300 g/mol. The summed E-state index contributed by atoms with van der Waals surface area (Å²) in [5.41, 5.74) is 2.59. The molecule has 0 aliphatic heterocycles. The molecule has 0 fully saturated rings. The number of para-hydroxylation sites is 1. The maximum atomic E-state index is 12.5. The summed E-state index contributed by atoms with van der Waals surface area (Å²) in [6, 6.07) is 14.6. The van der Waals surface area contributed by atoms with Crippen molar-refractivity contribution in [3.63, 3.8) is 0 Å². The Bertz CT molecular complexity index is 721. The number of aryl methyl sites for hydroxylation is 1. The highest BCUT2D eigenvalue weighted by molar-refractivity contribution is 6.09. The predicted molar refractivity (Wildman–Crippen MR) is 97.4 cm³/mol. The summed E-state index contributed by atoms with van der Waals surface area (Å²) in [5, 5.41) is 5.85. The lowest BCUT2D eigenvalue weighted by Gasteiger charge is -2.17. The van der Waals surface area contributed by atoms with Crippen LogP contribution in [0.3, 0.4) is 0 Å². The molecule has 2 aromatic carbocycles. The van der Waals surface area contributed by atoms with Gasteiger partial charge in [-0.05, 0) is 44.0 Å². The molecule has 2 N–H and O–H groups in total. The minimum absolute atomic E-state index is 0.137. The fourth-order valence-corrected chi connectivity index (χ4v) is 2.53. The van der Waals surface area contributed by atoms with E-state index in [0.29, 0.717) is 16.8 Å². The molecule has 4 nitrogen and oxygen atoms in total. The third-order valence-corrected chi connectivity index (χ3v) is 4.02. The van der Waals surface area contributed by atoms with Crippen LogP contribution in [0, 0.1) is 6.92 Å². The fourth-order valence-electron chi connectivity index (χ4n) is 2.53. The van der Waals surface area contributed by atoms with E-state index in [2.05, 4.69) is 10.6 Å². The highest BCUT2D eigenvalue weighted by Gasteiger charge is 2.16. The maximum Gasteiger partial charge on any atom is 0.255 e. The first-order valence-electron chi connectivity index (χ1n) is 8.33. The summed E-state index contributed by atoms with van der Waals surface area (Å²) < 4.78 is 0. The summed E-state index contributed by atoms with van der Waals surface area (Å²) >= 11 is 0. The second kappa shape index (κ2) is 8.29. The number of benzene rings is 2. The molecule has 4 heteroatoms. The first-order valence-corrected chi connectivity index (χ1v) is 8.33. The van der Waals surface area contributed by atoms with Crippen molar-refractivity contribution in [3.05, 3.63) is 65.2 Å². The number of amides is 2. The lowest BCUT2D eigenvalue weighted by molar-refractivity contribution is 0.0935. The van der Waals surface area contributed by atoms with Crippen LogP contribution in [0.25, 0.3) is 0 Å². The molecule has 0 bridgehead atoms. The maximum absolute atomic E-state index is 12.5. The van der Waals surface area contributed by atoms with E-state index >= 15 is 0 Å². The Kier molecular flexibility index (Phi) is 6.13. The largest absolute Gasteiger partial charge is 0.349 e. The summed E-state index contributed by atoms with van der Waals surface area (Å²) in [7, 11) is 0. The molecule has 0 saturated heterocycles. The second-order valence-electron chi connectivity index (χ2n) is 5.86. The molecule has 2 amide bonds. The van der Waals surface area contributed by atoms with Gasteiger partial charge in [-0.25, -0.2) is 0 Å². The van der Waals surface area contributed by atoms with E-state index in [4.69, 9.17) is 0 Å². The molecule has 0 heterocycles. The number of anilines is 1. The van der Waals surface area contributed by atoms with Crippen molar-refractivity contribution < 1.29 is 9.59 Å². The summed E-state index contributed by atoms with van der Waals surface area (Å²) in [4.78, 5) is 24.9. The number of hydrogen-bond acceptors (Lipinski definition) is 2. The molecule has 24 heavy (non-hydrogen) atoms. The van der Waals surface area contributed by atoms with Crippen LogP contribution in [-0.4, -0.2) is 17.9 Å². The van der Waals surface area contributed by atoms with Crippen molar-refractivity contribution in [3.8, 4) is 0 Å². The number of carbonyl (C=O) groups is 2. The molecule has 126 valence electrons. The van der Waals surface area contributed by atoms with Gasteiger partial charge in [0, 0.05) is 11.6 Å². The molecule has 0 aliphatic rings. The summed E-state index contributed by atoms with van der Waals surface area (Å²) in [5.74, 6) is -0.384. The van der Waals surface area contributed by atoms with Gasteiger partial charge in [-0.1, -0.05) is 43.7 Å². The normalized spacial score (nSPS) is 10.5. The number of nitrogens with one attached hydrogen (secondary N) is 2. The number of hydrogen-bond donors (Lipinski definition) is 2. The Morgan fingerprint density at radius 3 is 2.33 bits per heavy atom. The van der Waals surface area contributed by atoms with Crippen LogP contribution in [0.15, 0.2) is 48.5 Å². The zero-order valence-corrected chi connectivity index (χ0v) is 14.4. The van der Waals surface area contributed by atoms with E-state index in [9.17, 15) is 9.59 Å². The smallest absolute Gasteiger partial charge is 0.255 e. The molecule has 0 atom stereocenters. The van der Waals surface area contributed by atoms with Crippen LogP contribution in [-0.2, 0) is 0 Å². The Hall–Kier alpha value is -2.62. The quantitative estimate of drug-likeness (QED) is 0.838. The van der Waals surface area contributed by atoms with Crippen LogP contribution >= 0.6 is 0 Å². The minimum atomic E-state index is -0.221. The number of rotatable bonds is 6. The van der Waals surface area contributed by atoms with Crippen molar-refractivity contribution in [2.75, 3.05) is 5.32 Å². The molecule has 0 spiro atoms. The van der Waals surface area contributed by atoms with Crippen LogP contribution in [0.4, 0.5) is 5.69 Å². The van der Waals surface area contributed by atoms with Crippen molar-refractivity contribution in [2.24, 2.45) is 0 Å². The Balaban J connectivity index is 2.19. The van der Waals surface area contributed by atoms with Crippen LogP contribution in [0.1, 0.15) is 53.0 Å². The topological polar surface area (TPSA) is 58.2 Å². The van der Waals surface area contributed by atoms with Crippen molar-refractivity contribution in [1.29, 1.82) is 0 Å². The average molecular weight is 324 g/mol. The van der Waals surface area contributed by atoms with Gasteiger partial charge in [0.05, 0.1) is 11.3 Å². The van der Waals surface area contributed by atoms with Gasteiger partial charge >= 0.3 is 0 Å². The molecular formula is C20H24N2O2. The van der Waals surface area contributed by atoms with Gasteiger partial charge in [0.1, 0.15) is 0 Å². The van der Waals surface area contributed by atoms with E-state index in [1.807, 2.05) is 39.0 Å². The SMILES string of the molecule is CCC(CC)NC(=O)c1ccccc1NC(=O)c1cccc(C)c1. The zero-order valence-electron chi connectivity index (χ0n) is 14.4. The Morgan fingerprint density at radius 2 is 1.67 bits per heavy atom. The molecule has 0 aliphatic carbocycles. The summed E-state index contributed by atoms with van der Waals surface area (Å²) in [6.45, 7) is 6.02. The Morgan fingerprint density at radius 1 is 0.958 bits per heavy atom. The van der Waals surface area contributed by atoms with Crippen LogP contribution < -0.4 is 10.6 Å². The molecule has 2 aromatic rings. The predicted octanol–water partition coefficient (Wildman–Crippen LogP) is 4.17. The monoisotopic (exact) mass is 324 g/mol. The van der Waals surface area contributed by atoms with E-state index in [1.54, 1.807) is 30.3 Å². The van der Waals surface area contributed by atoms with Crippen LogP contribution in [0.5, 0.6) is 0 Å².